The molecule has 0 amide bonds. The molecule has 2 aliphatic rings. The number of thiophene rings is 1. The normalized spacial score (nSPS) is 27.3. The fourth-order valence-electron chi connectivity index (χ4n) is 3.12. The van der Waals surface area contributed by atoms with Crippen molar-refractivity contribution in [2.75, 3.05) is 13.2 Å². The van der Waals surface area contributed by atoms with Gasteiger partial charge >= 0.3 is 15.6 Å². The van der Waals surface area contributed by atoms with Crippen molar-refractivity contribution in [2.24, 2.45) is 0 Å². The van der Waals surface area contributed by atoms with Gasteiger partial charge in [0.2, 0.25) is 0 Å². The van der Waals surface area contributed by atoms with E-state index in [9.17, 15) is 13.2 Å². The summed E-state index contributed by atoms with van der Waals surface area (Å²) >= 11 is 1.96. The minimum atomic E-state index is -5.84. The van der Waals surface area contributed by atoms with Crippen LogP contribution in [0, 0.1) is 6.92 Å². The molecule has 138 valence electrons. The van der Waals surface area contributed by atoms with Gasteiger partial charge in [-0.1, -0.05) is 0 Å². The van der Waals surface area contributed by atoms with E-state index in [1.807, 2.05) is 11.3 Å². The Morgan fingerprint density at radius 2 is 2.08 bits per heavy atom. The van der Waals surface area contributed by atoms with Gasteiger partial charge in [-0.25, -0.2) is 0 Å². The SMILES string of the molecule is Cc1cc2c(s1)CCOC21CCN[C@@H](C)C1.O=S(=O)(O)C(F)(F)F. The summed E-state index contributed by atoms with van der Waals surface area (Å²) in [5.41, 5.74) is -4.01. The molecule has 2 aliphatic heterocycles. The van der Waals surface area contributed by atoms with Crippen molar-refractivity contribution < 1.29 is 30.9 Å². The van der Waals surface area contributed by atoms with Gasteiger partial charge in [-0.3, -0.25) is 4.55 Å². The maximum absolute atomic E-state index is 10.7. The number of alkyl halides is 3. The van der Waals surface area contributed by atoms with E-state index in [2.05, 4.69) is 25.2 Å². The highest BCUT2D eigenvalue weighted by molar-refractivity contribution is 7.86. The van der Waals surface area contributed by atoms with Crippen LogP contribution in [0.5, 0.6) is 0 Å². The molecule has 1 unspecified atom stereocenters. The van der Waals surface area contributed by atoms with E-state index in [-0.39, 0.29) is 5.60 Å². The number of hydrogen-bond donors (Lipinski definition) is 2. The molecule has 2 atom stereocenters. The molecule has 0 saturated carbocycles. The van der Waals surface area contributed by atoms with Crippen LogP contribution in [0.3, 0.4) is 0 Å². The van der Waals surface area contributed by atoms with Gasteiger partial charge in [0, 0.05) is 22.2 Å². The molecule has 1 aromatic heterocycles. The van der Waals surface area contributed by atoms with Crippen LogP contribution in [-0.2, 0) is 26.9 Å². The van der Waals surface area contributed by atoms with Crippen molar-refractivity contribution in [1.29, 1.82) is 0 Å². The average Bonchev–Trinajstić information content (AvgIpc) is 2.79. The molecule has 3 heterocycles. The third-order valence-electron chi connectivity index (χ3n) is 4.08. The predicted molar refractivity (Wildman–Crippen MR) is 84.7 cm³/mol. The molecule has 10 heteroatoms. The van der Waals surface area contributed by atoms with E-state index in [0.717, 1.165) is 32.4 Å². The Labute approximate surface area is 143 Å². The van der Waals surface area contributed by atoms with Crippen LogP contribution < -0.4 is 5.32 Å². The third-order valence-corrected chi connectivity index (χ3v) is 5.78. The van der Waals surface area contributed by atoms with Crippen LogP contribution in [0.15, 0.2) is 6.07 Å². The Kier molecular flexibility index (Phi) is 5.65. The number of aryl methyl sites for hydroxylation is 1. The third kappa shape index (κ3) is 4.29. The van der Waals surface area contributed by atoms with Gasteiger partial charge in [-0.2, -0.15) is 21.6 Å². The first kappa shape index (κ1) is 19.6. The summed E-state index contributed by atoms with van der Waals surface area (Å²) in [7, 11) is -5.84. The lowest BCUT2D eigenvalue weighted by Crippen LogP contribution is -2.48. The Balaban J connectivity index is 0.000000224. The lowest BCUT2D eigenvalue weighted by molar-refractivity contribution is -0.0870. The highest BCUT2D eigenvalue weighted by atomic mass is 32.2. The summed E-state index contributed by atoms with van der Waals surface area (Å²) in [6.07, 6.45) is 3.36. The molecule has 1 aromatic rings. The first-order valence-electron chi connectivity index (χ1n) is 7.45. The summed E-state index contributed by atoms with van der Waals surface area (Å²) < 4.78 is 63.7. The zero-order valence-corrected chi connectivity index (χ0v) is 14.9. The zero-order chi connectivity index (χ0) is 18.2. The second kappa shape index (κ2) is 6.91. The zero-order valence-electron chi connectivity index (χ0n) is 13.3. The van der Waals surface area contributed by atoms with E-state index in [0.29, 0.717) is 6.04 Å². The molecular formula is C14H20F3NO4S2. The molecule has 1 spiro atoms. The maximum Gasteiger partial charge on any atom is 0.522 e. The van der Waals surface area contributed by atoms with Crippen molar-refractivity contribution in [3.63, 3.8) is 0 Å². The van der Waals surface area contributed by atoms with Crippen molar-refractivity contribution in [3.8, 4) is 0 Å². The molecule has 0 aromatic carbocycles. The minimum Gasteiger partial charge on any atom is -0.370 e. The van der Waals surface area contributed by atoms with E-state index in [4.69, 9.17) is 17.7 Å². The van der Waals surface area contributed by atoms with Gasteiger partial charge in [0.05, 0.1) is 12.2 Å². The molecule has 24 heavy (non-hydrogen) atoms. The quantitative estimate of drug-likeness (QED) is 0.529. The van der Waals surface area contributed by atoms with E-state index < -0.39 is 15.6 Å². The monoisotopic (exact) mass is 387 g/mol. The molecule has 1 fully saturated rings. The highest BCUT2D eigenvalue weighted by Gasteiger charge is 2.44. The van der Waals surface area contributed by atoms with Crippen LogP contribution >= 0.6 is 11.3 Å². The summed E-state index contributed by atoms with van der Waals surface area (Å²) in [5, 5.41) is 3.51. The highest BCUT2D eigenvalue weighted by Crippen LogP contribution is 2.44. The summed E-state index contributed by atoms with van der Waals surface area (Å²) in [6, 6.07) is 2.93. The lowest BCUT2D eigenvalue weighted by Gasteiger charge is -2.43. The number of piperidine rings is 1. The largest absolute Gasteiger partial charge is 0.522 e. The fraction of sp³-hybridized carbons (Fsp3) is 0.714. The van der Waals surface area contributed by atoms with E-state index in [1.54, 1.807) is 4.88 Å². The Bertz CT molecular complexity index is 687. The van der Waals surface area contributed by atoms with Crippen molar-refractivity contribution in [3.05, 3.63) is 21.4 Å². The maximum atomic E-state index is 10.7. The number of halogens is 3. The number of nitrogens with one attached hydrogen (secondary N) is 1. The molecular weight excluding hydrogens is 367 g/mol. The summed E-state index contributed by atoms with van der Waals surface area (Å²) in [6.45, 7) is 6.45. The molecule has 1 saturated heterocycles. The molecule has 3 rings (SSSR count). The molecule has 2 N–H and O–H groups in total. The Morgan fingerprint density at radius 1 is 1.46 bits per heavy atom. The van der Waals surface area contributed by atoms with Gasteiger partial charge in [0.15, 0.2) is 0 Å². The number of rotatable bonds is 0. The smallest absolute Gasteiger partial charge is 0.370 e. The standard InChI is InChI=1S/C13H19NOS.CHF3O3S/c1-9-8-13(4-5-14-9)11-7-10(2)16-12(11)3-6-15-13;2-1(3,4)8(5,6)7/h7,9,14H,3-6,8H2,1-2H3;(H,5,6,7)/t9-,13?;/m0./s1. The number of hydrogen-bond acceptors (Lipinski definition) is 5. The topological polar surface area (TPSA) is 75.6 Å². The second-order valence-electron chi connectivity index (χ2n) is 6.02. The van der Waals surface area contributed by atoms with Gasteiger partial charge < -0.3 is 10.1 Å². The van der Waals surface area contributed by atoms with Crippen LogP contribution in [0.25, 0.3) is 0 Å². The Morgan fingerprint density at radius 3 is 2.62 bits per heavy atom. The first-order chi connectivity index (χ1) is 10.9. The summed E-state index contributed by atoms with van der Waals surface area (Å²) in [5.74, 6) is 0. The molecule has 0 radical (unpaired) electrons. The average molecular weight is 387 g/mol. The number of ether oxygens (including phenoxy) is 1. The number of fused-ring (bicyclic) bond motifs is 2. The van der Waals surface area contributed by atoms with E-state index in [1.165, 1.54) is 10.4 Å². The first-order valence-corrected chi connectivity index (χ1v) is 9.71. The molecule has 0 aliphatic carbocycles. The fourth-order valence-corrected chi connectivity index (χ4v) is 4.22. The lowest BCUT2D eigenvalue weighted by atomic mass is 9.80. The van der Waals surface area contributed by atoms with E-state index >= 15 is 0 Å². The van der Waals surface area contributed by atoms with Crippen LogP contribution in [0.2, 0.25) is 0 Å². The van der Waals surface area contributed by atoms with Gasteiger partial charge in [0.25, 0.3) is 0 Å². The van der Waals surface area contributed by atoms with Gasteiger partial charge in [-0.05, 0) is 44.9 Å². The van der Waals surface area contributed by atoms with Gasteiger partial charge in [-0.15, -0.1) is 11.3 Å². The van der Waals surface area contributed by atoms with Crippen LogP contribution in [0.1, 0.15) is 35.1 Å². The second-order valence-corrected chi connectivity index (χ2v) is 8.77. The van der Waals surface area contributed by atoms with Crippen molar-refractivity contribution in [2.45, 2.75) is 50.3 Å². The predicted octanol–water partition coefficient (Wildman–Crippen LogP) is 2.99. The van der Waals surface area contributed by atoms with Crippen LogP contribution in [-0.4, -0.2) is 37.7 Å². The summed E-state index contributed by atoms with van der Waals surface area (Å²) in [4.78, 5) is 3.00. The van der Waals surface area contributed by atoms with Crippen LogP contribution in [0.4, 0.5) is 13.2 Å². The Hall–Kier alpha value is -0.680. The molecule has 0 bridgehead atoms. The molecule has 5 nitrogen and oxygen atoms in total. The van der Waals surface area contributed by atoms with Gasteiger partial charge in [0.1, 0.15) is 0 Å². The van der Waals surface area contributed by atoms with Crippen molar-refractivity contribution >= 4 is 21.5 Å². The van der Waals surface area contributed by atoms with Crippen molar-refractivity contribution in [1.82, 2.24) is 5.32 Å². The minimum absolute atomic E-state index is 0.0308.